The Kier molecular flexibility index (Phi) is 6.79. The molecule has 1 rings (SSSR count). The minimum atomic E-state index is -4.89. The van der Waals surface area contributed by atoms with E-state index in [9.17, 15) is 19.4 Å². The average molecular weight is 347 g/mol. The molecule has 0 fully saturated rings. The van der Waals surface area contributed by atoms with Crippen LogP contribution in [-0.4, -0.2) is 50.0 Å². The second kappa shape index (κ2) is 8.14. The Morgan fingerprint density at radius 1 is 1.61 bits per heavy atom. The molecule has 10 nitrogen and oxygen atoms in total. The molecule has 0 aromatic carbocycles. The summed E-state index contributed by atoms with van der Waals surface area (Å²) in [6, 6.07) is 1.30. The summed E-state index contributed by atoms with van der Waals surface area (Å²) < 4.78 is 14.8. The van der Waals surface area contributed by atoms with Crippen LogP contribution in [0.3, 0.4) is 0 Å². The standard InChI is InChI=1S/C12H17N2O8P/c1-7-11(16)8(5-13-3-2-10(15)12(17)18)4-9(14-7)6-22-23(19,20)21/h4-5,10,15-16H,2-3,6H2,1H3,(H,17,18)(H2,19,20,21)/p-1. The topological polar surface area (TPSA) is 173 Å². The number of carboxylic acids is 1. The lowest BCUT2D eigenvalue weighted by atomic mass is 10.2. The van der Waals surface area contributed by atoms with Gasteiger partial charge in [-0.2, -0.15) is 0 Å². The first-order valence-electron chi connectivity index (χ1n) is 6.38. The van der Waals surface area contributed by atoms with Gasteiger partial charge in [-0.25, -0.2) is 4.79 Å². The summed E-state index contributed by atoms with van der Waals surface area (Å²) in [5, 5.41) is 27.4. The predicted molar refractivity (Wildman–Crippen MR) is 76.0 cm³/mol. The number of aromatic hydroxyl groups is 1. The number of rotatable bonds is 8. The fraction of sp³-hybridized carbons (Fsp3) is 0.417. The van der Waals surface area contributed by atoms with Crippen molar-refractivity contribution in [1.82, 2.24) is 4.98 Å². The Labute approximate surface area is 131 Å². The molecule has 0 spiro atoms. The van der Waals surface area contributed by atoms with Crippen LogP contribution in [0.1, 0.15) is 23.4 Å². The van der Waals surface area contributed by atoms with Crippen LogP contribution in [0.2, 0.25) is 0 Å². The normalized spacial score (nSPS) is 15.5. The number of aryl methyl sites for hydroxylation is 1. The van der Waals surface area contributed by atoms with Crippen molar-refractivity contribution in [2.24, 2.45) is 4.99 Å². The highest BCUT2D eigenvalue weighted by atomic mass is 31.2. The van der Waals surface area contributed by atoms with Gasteiger partial charge in [0.2, 0.25) is 0 Å². The molecule has 2 unspecified atom stereocenters. The summed E-state index contributed by atoms with van der Waals surface area (Å²) in [5.41, 5.74) is 0.536. The first-order valence-corrected chi connectivity index (χ1v) is 7.88. The Morgan fingerprint density at radius 2 is 2.26 bits per heavy atom. The van der Waals surface area contributed by atoms with Crippen LogP contribution < -0.4 is 4.89 Å². The molecule has 0 saturated carbocycles. The molecule has 23 heavy (non-hydrogen) atoms. The van der Waals surface area contributed by atoms with Crippen molar-refractivity contribution >= 4 is 20.0 Å². The van der Waals surface area contributed by atoms with Gasteiger partial charge in [-0.3, -0.25) is 14.5 Å². The first-order chi connectivity index (χ1) is 10.6. The van der Waals surface area contributed by atoms with E-state index in [0.717, 1.165) is 0 Å². The third-order valence-corrected chi connectivity index (χ3v) is 3.13. The lowest BCUT2D eigenvalue weighted by Gasteiger charge is -2.15. The van der Waals surface area contributed by atoms with Crippen LogP contribution in [0.5, 0.6) is 5.75 Å². The maximum absolute atomic E-state index is 10.6. The molecule has 0 bridgehead atoms. The van der Waals surface area contributed by atoms with Crippen LogP contribution in [0.25, 0.3) is 0 Å². The quantitative estimate of drug-likeness (QED) is 0.351. The molecule has 1 aromatic rings. The molecule has 1 aromatic heterocycles. The molecule has 2 atom stereocenters. The van der Waals surface area contributed by atoms with Gasteiger partial charge in [0.05, 0.1) is 18.0 Å². The third kappa shape index (κ3) is 6.85. The van der Waals surface area contributed by atoms with E-state index in [0.29, 0.717) is 0 Å². The molecule has 0 amide bonds. The van der Waals surface area contributed by atoms with Crippen molar-refractivity contribution in [3.8, 4) is 5.75 Å². The van der Waals surface area contributed by atoms with Crippen molar-refractivity contribution in [3.63, 3.8) is 0 Å². The molecular weight excluding hydrogens is 331 g/mol. The lowest BCUT2D eigenvalue weighted by molar-refractivity contribution is -0.221. The van der Waals surface area contributed by atoms with Gasteiger partial charge in [-0.05, 0) is 13.0 Å². The van der Waals surface area contributed by atoms with E-state index in [1.807, 2.05) is 0 Å². The van der Waals surface area contributed by atoms with Crippen LogP contribution >= 0.6 is 7.82 Å². The fourth-order valence-corrected chi connectivity index (χ4v) is 1.86. The molecule has 0 radical (unpaired) electrons. The van der Waals surface area contributed by atoms with Gasteiger partial charge < -0.3 is 29.6 Å². The SMILES string of the molecule is Cc1nc(COP(=O)([O-])O)cc(C=NCCC(O)C(=O)O)c1O. The van der Waals surface area contributed by atoms with Crippen LogP contribution in [-0.2, 0) is 20.5 Å². The van der Waals surface area contributed by atoms with Crippen molar-refractivity contribution in [1.29, 1.82) is 0 Å². The van der Waals surface area contributed by atoms with Crippen molar-refractivity contribution in [3.05, 3.63) is 23.0 Å². The number of pyridine rings is 1. The Morgan fingerprint density at radius 3 is 2.83 bits per heavy atom. The summed E-state index contributed by atoms with van der Waals surface area (Å²) in [5.74, 6) is -1.54. The zero-order valence-electron chi connectivity index (χ0n) is 12.1. The van der Waals surface area contributed by atoms with Crippen molar-refractivity contribution in [2.45, 2.75) is 26.1 Å². The van der Waals surface area contributed by atoms with Gasteiger partial charge >= 0.3 is 5.97 Å². The number of aliphatic hydroxyl groups is 1. The van der Waals surface area contributed by atoms with E-state index in [2.05, 4.69) is 14.5 Å². The zero-order valence-corrected chi connectivity index (χ0v) is 13.0. The third-order valence-electron chi connectivity index (χ3n) is 2.67. The Bertz CT molecular complexity index is 642. The maximum Gasteiger partial charge on any atom is 0.332 e. The predicted octanol–water partition coefficient (Wildman–Crippen LogP) is -0.673. The molecule has 0 aliphatic carbocycles. The molecule has 4 N–H and O–H groups in total. The minimum absolute atomic E-state index is 0.00646. The van der Waals surface area contributed by atoms with Gasteiger partial charge in [0.1, 0.15) is 5.75 Å². The lowest BCUT2D eigenvalue weighted by Crippen LogP contribution is -2.20. The van der Waals surface area contributed by atoms with Crippen LogP contribution in [0.15, 0.2) is 11.1 Å². The molecule has 0 aliphatic rings. The Balaban J connectivity index is 2.79. The van der Waals surface area contributed by atoms with E-state index in [-0.39, 0.29) is 35.7 Å². The molecule has 0 saturated heterocycles. The average Bonchev–Trinajstić information content (AvgIpc) is 2.44. The van der Waals surface area contributed by atoms with Gasteiger partial charge in [0.15, 0.2) is 6.10 Å². The number of phosphoric acid groups is 1. The first kappa shape index (κ1) is 19.2. The highest BCUT2D eigenvalue weighted by Crippen LogP contribution is 2.32. The van der Waals surface area contributed by atoms with Crippen molar-refractivity contribution in [2.75, 3.05) is 6.54 Å². The maximum atomic E-state index is 10.6. The highest BCUT2D eigenvalue weighted by molar-refractivity contribution is 7.44. The molecule has 0 aliphatic heterocycles. The number of hydrogen-bond donors (Lipinski definition) is 4. The second-order valence-electron chi connectivity index (χ2n) is 4.56. The second-order valence-corrected chi connectivity index (χ2v) is 5.75. The monoisotopic (exact) mass is 347 g/mol. The fourth-order valence-electron chi connectivity index (χ4n) is 1.56. The van der Waals surface area contributed by atoms with E-state index < -0.39 is 26.5 Å². The van der Waals surface area contributed by atoms with E-state index in [4.69, 9.17) is 15.1 Å². The zero-order chi connectivity index (χ0) is 17.6. The summed E-state index contributed by atoms with van der Waals surface area (Å²) in [6.07, 6.45) is -0.395. The number of hydrogen-bond acceptors (Lipinski definition) is 8. The highest BCUT2D eigenvalue weighted by Gasteiger charge is 2.12. The van der Waals surface area contributed by atoms with Crippen LogP contribution in [0, 0.1) is 6.92 Å². The molecular formula is C12H16N2O8P-. The summed E-state index contributed by atoms with van der Waals surface area (Å²) in [7, 11) is -4.89. The largest absolute Gasteiger partial charge is 0.756 e. The number of aliphatic hydroxyl groups excluding tert-OH is 1. The van der Waals surface area contributed by atoms with E-state index in [1.54, 1.807) is 0 Å². The number of carboxylic acid groups (broad SMARTS) is 1. The minimum Gasteiger partial charge on any atom is -0.756 e. The summed E-state index contributed by atoms with van der Waals surface area (Å²) >= 11 is 0. The number of nitrogens with zero attached hydrogens (tertiary/aromatic N) is 2. The molecule has 1 heterocycles. The van der Waals surface area contributed by atoms with Gasteiger partial charge in [0.25, 0.3) is 7.82 Å². The summed E-state index contributed by atoms with van der Waals surface area (Å²) in [6.45, 7) is 0.962. The van der Waals surface area contributed by atoms with Gasteiger partial charge in [-0.15, -0.1) is 0 Å². The Hall–Kier alpha value is -1.84. The van der Waals surface area contributed by atoms with Gasteiger partial charge in [-0.1, -0.05) is 0 Å². The number of aromatic nitrogens is 1. The van der Waals surface area contributed by atoms with Crippen molar-refractivity contribution < 1.29 is 39.0 Å². The van der Waals surface area contributed by atoms with Crippen LogP contribution in [0.4, 0.5) is 0 Å². The number of carbonyl (C=O) groups is 1. The van der Waals surface area contributed by atoms with Gasteiger partial charge in [0, 0.05) is 24.7 Å². The number of aliphatic imine (C=N–C) groups is 1. The number of phosphoric ester groups is 1. The summed E-state index contributed by atoms with van der Waals surface area (Å²) in [4.78, 5) is 37.3. The van der Waals surface area contributed by atoms with E-state index >= 15 is 0 Å². The molecule has 128 valence electrons. The molecule has 11 heteroatoms. The van der Waals surface area contributed by atoms with E-state index in [1.165, 1.54) is 19.2 Å². The number of aliphatic carboxylic acids is 1. The smallest absolute Gasteiger partial charge is 0.332 e.